The first-order valence-electron chi connectivity index (χ1n) is 9.82. The maximum absolute atomic E-state index is 13.8. The van der Waals surface area contributed by atoms with E-state index in [1.165, 1.54) is 18.2 Å². The van der Waals surface area contributed by atoms with Crippen molar-refractivity contribution in [3.05, 3.63) is 47.8 Å². The van der Waals surface area contributed by atoms with Crippen molar-refractivity contribution in [3.8, 4) is 29.0 Å². The number of hydrogen-bond acceptors (Lipinski definition) is 6. The molecule has 1 aliphatic heterocycles. The second kappa shape index (κ2) is 7.90. The number of rotatable bonds is 3. The van der Waals surface area contributed by atoms with E-state index in [0.717, 1.165) is 30.5 Å². The number of aliphatic hydroxyl groups is 1. The molecular weight excluding hydrogens is 383 g/mol. The van der Waals surface area contributed by atoms with Gasteiger partial charge in [-0.1, -0.05) is 11.8 Å². The first kappa shape index (κ1) is 20.1. The van der Waals surface area contributed by atoms with Crippen LogP contribution in [0.25, 0.3) is 22.3 Å². The van der Waals surface area contributed by atoms with E-state index in [-0.39, 0.29) is 23.2 Å². The summed E-state index contributed by atoms with van der Waals surface area (Å²) in [4.78, 5) is 9.15. The van der Waals surface area contributed by atoms with Gasteiger partial charge in [-0.2, -0.15) is 0 Å². The highest BCUT2D eigenvalue weighted by Crippen LogP contribution is 2.31. The van der Waals surface area contributed by atoms with Crippen LogP contribution in [0.1, 0.15) is 25.8 Å². The molecule has 4 N–H and O–H groups in total. The number of anilines is 1. The third-order valence-electron chi connectivity index (χ3n) is 4.81. The average Bonchev–Trinajstić information content (AvgIpc) is 3.20. The lowest BCUT2D eigenvalue weighted by molar-refractivity contribution is 0.143. The minimum atomic E-state index is -1.10. The molecule has 0 radical (unpaired) electrons. The van der Waals surface area contributed by atoms with Crippen LogP contribution < -0.4 is 10.6 Å². The van der Waals surface area contributed by atoms with E-state index >= 15 is 0 Å². The molecule has 1 fully saturated rings. The second-order valence-corrected chi connectivity index (χ2v) is 7.93. The largest absolute Gasteiger partial charge is 0.507 e. The second-order valence-electron chi connectivity index (χ2n) is 7.93. The van der Waals surface area contributed by atoms with Crippen molar-refractivity contribution in [2.45, 2.75) is 31.9 Å². The third-order valence-corrected chi connectivity index (χ3v) is 4.81. The number of fused-ring (bicyclic) bond motifs is 1. The Morgan fingerprint density at radius 3 is 2.77 bits per heavy atom. The van der Waals surface area contributed by atoms with Crippen LogP contribution >= 0.6 is 0 Å². The lowest BCUT2D eigenvalue weighted by atomic mass is 10.1. The molecule has 0 spiro atoms. The Balaban J connectivity index is 1.85. The lowest BCUT2D eigenvalue weighted by Crippen LogP contribution is -2.23. The Morgan fingerprint density at radius 1 is 1.20 bits per heavy atom. The molecule has 0 amide bonds. The zero-order valence-corrected chi connectivity index (χ0v) is 16.8. The molecule has 4 rings (SSSR count). The van der Waals surface area contributed by atoms with Gasteiger partial charge in [0.2, 0.25) is 0 Å². The Labute approximate surface area is 174 Å². The molecule has 7 heteroatoms. The quantitative estimate of drug-likeness (QED) is 0.500. The average molecular weight is 406 g/mol. The molecule has 1 unspecified atom stereocenters. The molecule has 0 aliphatic carbocycles. The van der Waals surface area contributed by atoms with Crippen LogP contribution in [0.15, 0.2) is 36.4 Å². The summed E-state index contributed by atoms with van der Waals surface area (Å²) >= 11 is 0. The molecule has 1 aromatic heterocycles. The smallest absolute Gasteiger partial charge is 0.165 e. The number of aromatic nitrogens is 2. The maximum atomic E-state index is 13.8. The molecular formula is C23H23FN4O2. The highest BCUT2D eigenvalue weighted by molar-refractivity contribution is 5.92. The topological polar surface area (TPSA) is 90.3 Å². The molecule has 0 bridgehead atoms. The molecule has 6 nitrogen and oxygen atoms in total. The van der Waals surface area contributed by atoms with Gasteiger partial charge in [0.15, 0.2) is 5.82 Å². The first-order valence-corrected chi connectivity index (χ1v) is 9.82. The summed E-state index contributed by atoms with van der Waals surface area (Å²) < 4.78 is 13.8. The van der Waals surface area contributed by atoms with Crippen LogP contribution in [0, 0.1) is 17.7 Å². The summed E-state index contributed by atoms with van der Waals surface area (Å²) in [7, 11) is 0. The van der Waals surface area contributed by atoms with Crippen molar-refractivity contribution < 1.29 is 14.6 Å². The summed E-state index contributed by atoms with van der Waals surface area (Å²) in [5, 5.41) is 27.6. The molecule has 30 heavy (non-hydrogen) atoms. The van der Waals surface area contributed by atoms with E-state index in [2.05, 4.69) is 32.4 Å². The van der Waals surface area contributed by atoms with Crippen molar-refractivity contribution in [2.75, 3.05) is 18.4 Å². The maximum Gasteiger partial charge on any atom is 0.165 e. The standard InChI is InChI=1S/C23H23FN4O2/c1-23(2,30)9-7-14-3-5-19-17(11-14)21(26-16-8-10-25-13-16)28-22(27-19)18-12-15(24)4-6-20(18)29/h3-6,11-12,16,25,29-30H,8,10,13H2,1-2H3,(H,26,27,28). The SMILES string of the molecule is CC(C)(O)C#Cc1ccc2nc(-c3cc(F)ccc3O)nc(NC3CCNC3)c2c1. The van der Waals surface area contributed by atoms with Gasteiger partial charge in [0.05, 0.1) is 11.1 Å². The van der Waals surface area contributed by atoms with Gasteiger partial charge in [0, 0.05) is 23.5 Å². The molecule has 1 saturated heterocycles. The molecule has 2 heterocycles. The van der Waals surface area contributed by atoms with Gasteiger partial charge in [0.25, 0.3) is 0 Å². The summed E-state index contributed by atoms with van der Waals surface area (Å²) in [5.74, 6) is 6.06. The number of hydrogen-bond donors (Lipinski definition) is 4. The Hall–Kier alpha value is -3.21. The van der Waals surface area contributed by atoms with Gasteiger partial charge in [0.1, 0.15) is 23.0 Å². The van der Waals surface area contributed by atoms with Gasteiger partial charge in [-0.25, -0.2) is 14.4 Å². The van der Waals surface area contributed by atoms with Crippen LogP contribution in [0.5, 0.6) is 5.75 Å². The minimum Gasteiger partial charge on any atom is -0.507 e. The van der Waals surface area contributed by atoms with E-state index < -0.39 is 11.4 Å². The Kier molecular flexibility index (Phi) is 5.29. The number of aromatic hydroxyl groups is 1. The fourth-order valence-corrected chi connectivity index (χ4v) is 3.32. The van der Waals surface area contributed by atoms with Gasteiger partial charge >= 0.3 is 0 Å². The number of phenols is 1. The van der Waals surface area contributed by atoms with E-state index in [1.807, 2.05) is 18.2 Å². The lowest BCUT2D eigenvalue weighted by Gasteiger charge is -2.16. The number of nitrogens with zero attached hydrogens (tertiary/aromatic N) is 2. The molecule has 1 aliphatic rings. The summed E-state index contributed by atoms with van der Waals surface area (Å²) in [6, 6.07) is 9.39. The van der Waals surface area contributed by atoms with Gasteiger partial charge in [-0.3, -0.25) is 0 Å². The Morgan fingerprint density at radius 2 is 2.03 bits per heavy atom. The zero-order chi connectivity index (χ0) is 21.3. The number of phenolic OH excluding ortho intramolecular Hbond substituents is 1. The van der Waals surface area contributed by atoms with Crippen molar-refractivity contribution in [1.82, 2.24) is 15.3 Å². The van der Waals surface area contributed by atoms with Crippen LogP contribution in [-0.2, 0) is 0 Å². The molecule has 0 saturated carbocycles. The third kappa shape index (κ3) is 4.51. The summed E-state index contributed by atoms with van der Waals surface area (Å²) in [6.07, 6.45) is 0.949. The molecule has 154 valence electrons. The monoisotopic (exact) mass is 406 g/mol. The number of nitrogens with one attached hydrogen (secondary N) is 2. The van der Waals surface area contributed by atoms with Gasteiger partial charge in [-0.05, 0) is 63.2 Å². The van der Waals surface area contributed by atoms with Crippen LogP contribution in [0.3, 0.4) is 0 Å². The normalized spacial score (nSPS) is 16.3. The fraction of sp³-hybridized carbons (Fsp3) is 0.304. The van der Waals surface area contributed by atoms with Gasteiger partial charge < -0.3 is 20.8 Å². The van der Waals surface area contributed by atoms with Crippen LogP contribution in [-0.4, -0.2) is 44.9 Å². The Bertz CT molecular complexity index is 1160. The predicted octanol–water partition coefficient (Wildman–Crippen LogP) is 3.04. The molecule has 3 aromatic rings. The fourth-order valence-electron chi connectivity index (χ4n) is 3.32. The molecule has 2 aromatic carbocycles. The van der Waals surface area contributed by atoms with Crippen LogP contribution in [0.2, 0.25) is 0 Å². The van der Waals surface area contributed by atoms with E-state index in [9.17, 15) is 14.6 Å². The van der Waals surface area contributed by atoms with Crippen molar-refractivity contribution >= 4 is 16.7 Å². The number of benzene rings is 2. The summed E-state index contributed by atoms with van der Waals surface area (Å²) in [6.45, 7) is 4.98. The van der Waals surface area contributed by atoms with E-state index in [0.29, 0.717) is 11.3 Å². The minimum absolute atomic E-state index is 0.0862. The highest BCUT2D eigenvalue weighted by atomic mass is 19.1. The van der Waals surface area contributed by atoms with Crippen molar-refractivity contribution in [2.24, 2.45) is 0 Å². The number of halogens is 1. The van der Waals surface area contributed by atoms with Crippen LogP contribution in [0.4, 0.5) is 10.2 Å². The van der Waals surface area contributed by atoms with E-state index in [4.69, 9.17) is 0 Å². The first-order chi connectivity index (χ1) is 14.3. The molecule has 1 atom stereocenters. The predicted molar refractivity (Wildman–Crippen MR) is 115 cm³/mol. The van der Waals surface area contributed by atoms with Gasteiger partial charge in [-0.15, -0.1) is 0 Å². The summed E-state index contributed by atoms with van der Waals surface area (Å²) in [5.41, 5.74) is 0.504. The van der Waals surface area contributed by atoms with Crippen molar-refractivity contribution in [1.29, 1.82) is 0 Å². The highest BCUT2D eigenvalue weighted by Gasteiger charge is 2.19. The van der Waals surface area contributed by atoms with Crippen molar-refractivity contribution in [3.63, 3.8) is 0 Å². The zero-order valence-electron chi connectivity index (χ0n) is 16.8. The van der Waals surface area contributed by atoms with E-state index in [1.54, 1.807) is 13.8 Å².